The van der Waals surface area contributed by atoms with E-state index in [1.54, 1.807) is 18.2 Å². The third-order valence-corrected chi connectivity index (χ3v) is 7.51. The zero-order valence-corrected chi connectivity index (χ0v) is 14.4. The van der Waals surface area contributed by atoms with Crippen LogP contribution in [0.25, 0.3) is 0 Å². The Morgan fingerprint density at radius 2 is 2.26 bits per heavy atom. The number of benzene rings is 1. The third-order valence-electron chi connectivity index (χ3n) is 3.12. The molecule has 7 heteroatoms. The molecule has 1 N–H and O–H groups in total. The summed E-state index contributed by atoms with van der Waals surface area (Å²) in [5.41, 5.74) is 0. The summed E-state index contributed by atoms with van der Waals surface area (Å²) in [7, 11) is -3.59. The number of hydrogen-bond donors (Lipinski definition) is 1. The van der Waals surface area contributed by atoms with Crippen LogP contribution in [-0.2, 0) is 10.0 Å². The van der Waals surface area contributed by atoms with Crippen LogP contribution in [0.4, 0.5) is 0 Å². The first-order valence-electron chi connectivity index (χ1n) is 5.92. The van der Waals surface area contributed by atoms with Gasteiger partial charge in [-0.3, -0.25) is 0 Å². The van der Waals surface area contributed by atoms with Crippen LogP contribution < -0.4 is 4.72 Å². The lowest BCUT2D eigenvalue weighted by molar-refractivity contribution is 0.552. The van der Waals surface area contributed by atoms with Crippen LogP contribution in [0.15, 0.2) is 27.6 Å². The van der Waals surface area contributed by atoms with E-state index in [0.29, 0.717) is 11.0 Å². The van der Waals surface area contributed by atoms with Crippen molar-refractivity contribution in [2.45, 2.75) is 29.4 Å². The largest absolute Gasteiger partial charge is 0.243 e. The molecule has 1 aliphatic rings. The average Bonchev–Trinajstić information content (AvgIpc) is 2.74. The summed E-state index contributed by atoms with van der Waals surface area (Å²) in [6.07, 6.45) is 2.17. The summed E-state index contributed by atoms with van der Waals surface area (Å²) >= 11 is 11.0. The van der Waals surface area contributed by atoms with E-state index in [1.807, 2.05) is 11.8 Å². The number of rotatable bonds is 4. The standard InChI is InChI=1S/C12H15BrClNO2S2/c1-12(6-3-7-18-12)8-15-19(16,17)11-9(13)4-2-5-10(11)14/h2,4-5,15H,3,6-8H2,1H3. The van der Waals surface area contributed by atoms with Gasteiger partial charge in [0.05, 0.1) is 5.02 Å². The van der Waals surface area contributed by atoms with Gasteiger partial charge in [-0.25, -0.2) is 13.1 Å². The molecule has 1 fully saturated rings. The van der Waals surface area contributed by atoms with Gasteiger partial charge in [0.25, 0.3) is 0 Å². The molecule has 1 aromatic rings. The van der Waals surface area contributed by atoms with E-state index in [-0.39, 0.29) is 14.7 Å². The summed E-state index contributed by atoms with van der Waals surface area (Å²) in [4.78, 5) is 0.114. The number of thioether (sulfide) groups is 1. The molecule has 0 saturated carbocycles. The Morgan fingerprint density at radius 1 is 1.53 bits per heavy atom. The minimum Gasteiger partial charge on any atom is -0.210 e. The van der Waals surface area contributed by atoms with Crippen molar-refractivity contribution in [2.75, 3.05) is 12.3 Å². The monoisotopic (exact) mass is 383 g/mol. The van der Waals surface area contributed by atoms with Gasteiger partial charge in [0.15, 0.2) is 0 Å². The second-order valence-electron chi connectivity index (χ2n) is 4.78. The Kier molecular flexibility index (Phi) is 4.88. The lowest BCUT2D eigenvalue weighted by Crippen LogP contribution is -2.36. The fourth-order valence-electron chi connectivity index (χ4n) is 2.04. The highest BCUT2D eigenvalue weighted by atomic mass is 79.9. The van der Waals surface area contributed by atoms with Crippen molar-refractivity contribution >= 4 is 49.3 Å². The molecule has 2 rings (SSSR count). The van der Waals surface area contributed by atoms with Gasteiger partial charge in [0.1, 0.15) is 4.90 Å². The van der Waals surface area contributed by atoms with Gasteiger partial charge in [-0.1, -0.05) is 17.7 Å². The van der Waals surface area contributed by atoms with Crippen molar-refractivity contribution in [3.05, 3.63) is 27.7 Å². The normalized spacial score (nSPS) is 23.7. The lowest BCUT2D eigenvalue weighted by atomic mass is 10.1. The maximum absolute atomic E-state index is 12.3. The quantitative estimate of drug-likeness (QED) is 0.861. The van der Waals surface area contributed by atoms with Gasteiger partial charge in [-0.2, -0.15) is 11.8 Å². The zero-order chi connectivity index (χ0) is 14.1. The van der Waals surface area contributed by atoms with Gasteiger partial charge in [0.2, 0.25) is 10.0 Å². The smallest absolute Gasteiger partial charge is 0.210 e. The van der Waals surface area contributed by atoms with Crippen molar-refractivity contribution in [3.63, 3.8) is 0 Å². The molecule has 0 aromatic heterocycles. The molecule has 0 aliphatic carbocycles. The summed E-state index contributed by atoms with van der Waals surface area (Å²) in [6, 6.07) is 4.96. The Bertz CT molecular complexity index is 551. The summed E-state index contributed by atoms with van der Waals surface area (Å²) in [5, 5.41) is 0.228. The molecule has 3 nitrogen and oxygen atoms in total. The maximum atomic E-state index is 12.3. The molecule has 106 valence electrons. The van der Waals surface area contributed by atoms with Crippen molar-refractivity contribution in [3.8, 4) is 0 Å². The average molecular weight is 385 g/mol. The molecule has 0 bridgehead atoms. The van der Waals surface area contributed by atoms with Crippen molar-refractivity contribution in [2.24, 2.45) is 0 Å². The molecule has 0 amide bonds. The van der Waals surface area contributed by atoms with E-state index in [0.717, 1.165) is 18.6 Å². The van der Waals surface area contributed by atoms with Gasteiger partial charge < -0.3 is 0 Å². The van der Waals surface area contributed by atoms with E-state index in [4.69, 9.17) is 11.6 Å². The molecular formula is C12H15BrClNO2S2. The van der Waals surface area contributed by atoms with Gasteiger partial charge >= 0.3 is 0 Å². The fraction of sp³-hybridized carbons (Fsp3) is 0.500. The third kappa shape index (κ3) is 3.67. The highest BCUT2D eigenvalue weighted by Gasteiger charge is 2.32. The Morgan fingerprint density at radius 3 is 2.84 bits per heavy atom. The lowest BCUT2D eigenvalue weighted by Gasteiger charge is -2.23. The predicted octanol–water partition coefficient (Wildman–Crippen LogP) is 3.67. The summed E-state index contributed by atoms with van der Waals surface area (Å²) < 4.78 is 27.8. The molecule has 1 unspecified atom stereocenters. The number of sulfonamides is 1. The molecule has 1 atom stereocenters. The van der Waals surface area contributed by atoms with Crippen LogP contribution in [0, 0.1) is 0 Å². The molecule has 1 saturated heterocycles. The van der Waals surface area contributed by atoms with Crippen molar-refractivity contribution in [1.29, 1.82) is 0 Å². The predicted molar refractivity (Wildman–Crippen MR) is 84.4 cm³/mol. The molecular weight excluding hydrogens is 370 g/mol. The Labute approximate surface area is 131 Å². The highest BCUT2D eigenvalue weighted by Crippen LogP contribution is 2.37. The minimum absolute atomic E-state index is 0.0131. The molecule has 1 aromatic carbocycles. The first kappa shape index (κ1) is 15.6. The van der Waals surface area contributed by atoms with Crippen LogP contribution in [0.1, 0.15) is 19.8 Å². The first-order chi connectivity index (χ1) is 8.84. The number of nitrogens with one attached hydrogen (secondary N) is 1. The van der Waals surface area contributed by atoms with Crippen LogP contribution >= 0.6 is 39.3 Å². The van der Waals surface area contributed by atoms with E-state index in [1.165, 1.54) is 0 Å². The minimum atomic E-state index is -3.59. The fourth-order valence-corrected chi connectivity index (χ4v) is 6.27. The summed E-state index contributed by atoms with van der Waals surface area (Å²) in [5.74, 6) is 1.09. The van der Waals surface area contributed by atoms with E-state index >= 15 is 0 Å². The van der Waals surface area contributed by atoms with E-state index in [2.05, 4.69) is 27.6 Å². The zero-order valence-electron chi connectivity index (χ0n) is 10.4. The van der Waals surface area contributed by atoms with Crippen molar-refractivity contribution < 1.29 is 8.42 Å². The Balaban J connectivity index is 2.19. The number of hydrogen-bond acceptors (Lipinski definition) is 3. The second-order valence-corrected chi connectivity index (χ2v) is 9.43. The van der Waals surface area contributed by atoms with E-state index in [9.17, 15) is 8.42 Å². The van der Waals surface area contributed by atoms with Gasteiger partial charge in [0, 0.05) is 15.8 Å². The first-order valence-corrected chi connectivity index (χ1v) is 9.56. The Hall–Kier alpha value is 0.250. The molecule has 19 heavy (non-hydrogen) atoms. The van der Waals surface area contributed by atoms with Crippen LogP contribution in [0.5, 0.6) is 0 Å². The van der Waals surface area contributed by atoms with E-state index < -0.39 is 10.0 Å². The van der Waals surface area contributed by atoms with Crippen LogP contribution in [0.2, 0.25) is 5.02 Å². The SMILES string of the molecule is CC1(CNS(=O)(=O)c2c(Cl)cccc2Br)CCCS1. The molecule has 1 heterocycles. The molecule has 1 aliphatic heterocycles. The molecule has 0 radical (unpaired) electrons. The van der Waals surface area contributed by atoms with Crippen LogP contribution in [-0.4, -0.2) is 25.5 Å². The molecule has 0 spiro atoms. The highest BCUT2D eigenvalue weighted by molar-refractivity contribution is 9.10. The van der Waals surface area contributed by atoms with Crippen molar-refractivity contribution in [1.82, 2.24) is 4.72 Å². The maximum Gasteiger partial charge on any atom is 0.243 e. The van der Waals surface area contributed by atoms with Gasteiger partial charge in [-0.05, 0) is 53.6 Å². The number of halogens is 2. The second kappa shape index (κ2) is 5.93. The topological polar surface area (TPSA) is 46.2 Å². The van der Waals surface area contributed by atoms with Crippen LogP contribution in [0.3, 0.4) is 0 Å². The van der Waals surface area contributed by atoms with Gasteiger partial charge in [-0.15, -0.1) is 0 Å². The summed E-state index contributed by atoms with van der Waals surface area (Å²) in [6.45, 7) is 2.52.